The Morgan fingerprint density at radius 3 is 2.74 bits per heavy atom. The first-order valence-corrected chi connectivity index (χ1v) is 6.78. The third-order valence-corrected chi connectivity index (χ3v) is 4.37. The molecule has 3 rings (SSSR count). The summed E-state index contributed by atoms with van der Waals surface area (Å²) in [5.74, 6) is 0.539. The molecule has 0 bridgehead atoms. The largest absolute Gasteiger partial charge is 0.423 e. The average Bonchev–Trinajstić information content (AvgIpc) is 2.34. The van der Waals surface area contributed by atoms with Gasteiger partial charge < -0.3 is 9.32 Å². The molecule has 2 heterocycles. The van der Waals surface area contributed by atoms with Crippen molar-refractivity contribution in [3.8, 4) is 0 Å². The molecular weight excluding hydrogens is 238 g/mol. The molecule has 3 nitrogen and oxygen atoms in total. The van der Waals surface area contributed by atoms with Crippen LogP contribution in [0, 0.1) is 6.92 Å². The van der Waals surface area contributed by atoms with Gasteiger partial charge >= 0.3 is 5.63 Å². The van der Waals surface area contributed by atoms with E-state index < -0.39 is 0 Å². The topological polar surface area (TPSA) is 33.5 Å². The smallest absolute Gasteiger partial charge is 0.336 e. The molecule has 3 heteroatoms. The highest BCUT2D eigenvalue weighted by Gasteiger charge is 2.26. The van der Waals surface area contributed by atoms with Crippen LogP contribution in [0.5, 0.6) is 0 Å². The summed E-state index contributed by atoms with van der Waals surface area (Å²) in [7, 11) is 2.11. The van der Waals surface area contributed by atoms with Gasteiger partial charge in [-0.15, -0.1) is 0 Å². The maximum atomic E-state index is 11.5. The summed E-state index contributed by atoms with van der Waals surface area (Å²) in [5, 5.41) is 1.05. The number of anilines is 1. The molecule has 0 fully saturated rings. The van der Waals surface area contributed by atoms with E-state index >= 15 is 0 Å². The lowest BCUT2D eigenvalue weighted by Gasteiger charge is -2.37. The van der Waals surface area contributed by atoms with Crippen LogP contribution < -0.4 is 10.5 Å². The molecule has 2 aromatic rings. The van der Waals surface area contributed by atoms with Crippen molar-refractivity contribution in [1.82, 2.24) is 0 Å². The molecule has 1 aromatic heterocycles. The summed E-state index contributed by atoms with van der Waals surface area (Å²) < 4.78 is 5.35. The van der Waals surface area contributed by atoms with Gasteiger partial charge in [0.05, 0.1) is 0 Å². The minimum Gasteiger partial charge on any atom is -0.423 e. The van der Waals surface area contributed by atoms with Crippen molar-refractivity contribution in [3.05, 3.63) is 39.7 Å². The maximum Gasteiger partial charge on any atom is 0.336 e. The van der Waals surface area contributed by atoms with E-state index in [0.29, 0.717) is 17.5 Å². The number of aryl methyl sites for hydroxylation is 1. The van der Waals surface area contributed by atoms with Gasteiger partial charge in [-0.05, 0) is 43.4 Å². The summed E-state index contributed by atoms with van der Waals surface area (Å²) in [6.45, 7) is 6.46. The molecule has 1 aliphatic rings. The molecule has 0 radical (unpaired) electrons. The van der Waals surface area contributed by atoms with E-state index in [-0.39, 0.29) is 5.63 Å². The second-order valence-electron chi connectivity index (χ2n) is 5.75. The van der Waals surface area contributed by atoms with E-state index in [1.807, 2.05) is 13.0 Å². The molecule has 0 amide bonds. The molecule has 0 saturated carbocycles. The van der Waals surface area contributed by atoms with Crippen LogP contribution in [0.2, 0.25) is 0 Å². The Kier molecular flexibility index (Phi) is 2.66. The highest BCUT2D eigenvalue weighted by atomic mass is 16.4. The molecule has 2 atom stereocenters. The average molecular weight is 257 g/mol. The van der Waals surface area contributed by atoms with Gasteiger partial charge in [0.1, 0.15) is 5.58 Å². The Bertz CT molecular complexity index is 702. The second kappa shape index (κ2) is 4.12. The second-order valence-corrected chi connectivity index (χ2v) is 5.75. The van der Waals surface area contributed by atoms with Crippen LogP contribution in [-0.4, -0.2) is 13.1 Å². The molecule has 1 aromatic carbocycles. The first-order chi connectivity index (χ1) is 8.97. The third kappa shape index (κ3) is 1.84. The zero-order valence-corrected chi connectivity index (χ0v) is 11.9. The van der Waals surface area contributed by atoms with Crippen molar-refractivity contribution >= 4 is 16.7 Å². The Balaban J connectivity index is 2.33. The minimum absolute atomic E-state index is 0.274. The van der Waals surface area contributed by atoms with Crippen molar-refractivity contribution < 1.29 is 4.42 Å². The predicted molar refractivity (Wildman–Crippen MR) is 78.1 cm³/mol. The third-order valence-electron chi connectivity index (χ3n) is 4.37. The summed E-state index contributed by atoms with van der Waals surface area (Å²) in [6, 6.07) is 6.28. The number of hydrogen-bond acceptors (Lipinski definition) is 3. The van der Waals surface area contributed by atoms with Gasteiger partial charge in [-0.1, -0.05) is 6.92 Å². The molecule has 0 unspecified atom stereocenters. The fourth-order valence-electron chi connectivity index (χ4n) is 3.11. The summed E-state index contributed by atoms with van der Waals surface area (Å²) in [5.41, 5.74) is 3.95. The Hall–Kier alpha value is -1.77. The predicted octanol–water partition coefficient (Wildman–Crippen LogP) is 3.43. The monoisotopic (exact) mass is 257 g/mol. The van der Waals surface area contributed by atoms with Crippen LogP contribution in [0.3, 0.4) is 0 Å². The van der Waals surface area contributed by atoms with E-state index in [0.717, 1.165) is 17.4 Å². The van der Waals surface area contributed by atoms with Crippen molar-refractivity contribution in [2.75, 3.05) is 11.9 Å². The van der Waals surface area contributed by atoms with Gasteiger partial charge in [-0.3, -0.25) is 0 Å². The van der Waals surface area contributed by atoms with Crippen LogP contribution in [-0.2, 0) is 0 Å². The Morgan fingerprint density at radius 2 is 2.00 bits per heavy atom. The number of hydrogen-bond donors (Lipinski definition) is 0. The maximum absolute atomic E-state index is 11.5. The van der Waals surface area contributed by atoms with Crippen molar-refractivity contribution in [3.63, 3.8) is 0 Å². The van der Waals surface area contributed by atoms with Gasteiger partial charge in [0.2, 0.25) is 0 Å². The quantitative estimate of drug-likeness (QED) is 0.678. The van der Waals surface area contributed by atoms with Crippen LogP contribution in [0.15, 0.2) is 27.4 Å². The number of nitrogens with zero attached hydrogens (tertiary/aromatic N) is 1. The van der Waals surface area contributed by atoms with Gasteiger partial charge in [0.25, 0.3) is 0 Å². The number of rotatable bonds is 0. The first-order valence-electron chi connectivity index (χ1n) is 6.78. The van der Waals surface area contributed by atoms with E-state index in [4.69, 9.17) is 4.42 Å². The molecule has 0 spiro atoms. The first kappa shape index (κ1) is 12.3. The lowest BCUT2D eigenvalue weighted by Crippen LogP contribution is -2.34. The van der Waals surface area contributed by atoms with E-state index in [1.165, 1.54) is 11.3 Å². The van der Waals surface area contributed by atoms with Crippen molar-refractivity contribution in [1.29, 1.82) is 0 Å². The summed E-state index contributed by atoms with van der Waals surface area (Å²) >= 11 is 0. The Morgan fingerprint density at radius 1 is 1.26 bits per heavy atom. The minimum atomic E-state index is -0.274. The number of benzene rings is 1. The molecule has 0 N–H and O–H groups in total. The van der Waals surface area contributed by atoms with Crippen LogP contribution >= 0.6 is 0 Å². The van der Waals surface area contributed by atoms with Crippen LogP contribution in [0.1, 0.15) is 37.3 Å². The summed E-state index contributed by atoms with van der Waals surface area (Å²) in [6.07, 6.45) is 1.16. The zero-order valence-electron chi connectivity index (χ0n) is 11.9. The SMILES string of the molecule is Cc1cc(=O)oc2cc3c(cc12)[C@H](C)C[C@@H](C)N3C. The lowest BCUT2D eigenvalue weighted by atomic mass is 9.86. The molecule has 19 heavy (non-hydrogen) atoms. The number of fused-ring (bicyclic) bond motifs is 2. The molecule has 0 aliphatic carbocycles. The fourth-order valence-corrected chi connectivity index (χ4v) is 3.11. The van der Waals surface area contributed by atoms with E-state index in [1.54, 1.807) is 6.07 Å². The zero-order chi connectivity index (χ0) is 13.7. The lowest BCUT2D eigenvalue weighted by molar-refractivity contribution is 0.529. The molecule has 0 saturated heterocycles. The highest BCUT2D eigenvalue weighted by molar-refractivity contribution is 5.86. The summed E-state index contributed by atoms with van der Waals surface area (Å²) in [4.78, 5) is 13.8. The van der Waals surface area contributed by atoms with E-state index in [9.17, 15) is 4.79 Å². The molecule has 1 aliphatic heterocycles. The van der Waals surface area contributed by atoms with Gasteiger partial charge in [0.15, 0.2) is 0 Å². The molecular formula is C16H19NO2. The van der Waals surface area contributed by atoms with Crippen molar-refractivity contribution in [2.45, 2.75) is 39.2 Å². The van der Waals surface area contributed by atoms with Crippen LogP contribution in [0.4, 0.5) is 5.69 Å². The van der Waals surface area contributed by atoms with E-state index in [2.05, 4.69) is 31.9 Å². The highest BCUT2D eigenvalue weighted by Crippen LogP contribution is 2.39. The van der Waals surface area contributed by atoms with Crippen LogP contribution in [0.25, 0.3) is 11.0 Å². The fraction of sp³-hybridized carbons (Fsp3) is 0.438. The normalized spacial score (nSPS) is 22.6. The van der Waals surface area contributed by atoms with Crippen molar-refractivity contribution in [2.24, 2.45) is 0 Å². The van der Waals surface area contributed by atoms with Gasteiger partial charge in [-0.2, -0.15) is 0 Å². The molecule has 100 valence electrons. The standard InChI is InChI=1S/C16H19NO2/c1-9-5-11(3)17(4)14-8-15-13(7-12(9)14)10(2)6-16(18)19-15/h6-9,11H,5H2,1-4H3/t9-,11-/m1/s1. The Labute approximate surface area is 112 Å². The van der Waals surface area contributed by atoms with Gasteiger partial charge in [0, 0.05) is 36.3 Å². The van der Waals surface area contributed by atoms with Gasteiger partial charge in [-0.25, -0.2) is 4.79 Å².